The lowest BCUT2D eigenvalue weighted by Crippen LogP contribution is -2.26. The molecule has 4 rings (SSSR count). The second-order valence-corrected chi connectivity index (χ2v) is 7.80. The molecular weight excluding hydrogens is 346 g/mol. The van der Waals surface area contributed by atoms with E-state index in [2.05, 4.69) is 35.0 Å². The Morgan fingerprint density at radius 1 is 1.11 bits per heavy atom. The topological polar surface area (TPSA) is 49.0 Å². The summed E-state index contributed by atoms with van der Waals surface area (Å²) in [4.78, 5) is 23.0. The summed E-state index contributed by atoms with van der Waals surface area (Å²) in [6.07, 6.45) is 3.15. The van der Waals surface area contributed by atoms with E-state index in [0.29, 0.717) is 18.3 Å². The molecule has 1 aromatic heterocycles. The van der Waals surface area contributed by atoms with Crippen LogP contribution in [-0.4, -0.2) is 27.5 Å². The summed E-state index contributed by atoms with van der Waals surface area (Å²) in [6.45, 7) is 6.33. The molecule has 0 aliphatic carbocycles. The smallest absolute Gasteiger partial charge is 0.254 e. The van der Waals surface area contributed by atoms with Gasteiger partial charge in [0.25, 0.3) is 5.56 Å². The number of benzene rings is 2. The third-order valence-corrected chi connectivity index (χ3v) is 5.72. The first kappa shape index (κ1) is 18.6. The Morgan fingerprint density at radius 3 is 2.61 bits per heavy atom. The molecule has 1 N–H and O–H groups in total. The standard InChI is InChI=1S/C24H27N3O/c1-17-8-7-13-27(17)16-20-11-6-12-21(14-20)23-25-18(2)22(24(28)26-23)15-19-9-4-3-5-10-19/h3-6,9-12,14,17H,7-8,13,15-16H2,1-2H3,(H,25,26,28)/t17-/m0/s1. The monoisotopic (exact) mass is 373 g/mol. The number of hydrogen-bond acceptors (Lipinski definition) is 3. The van der Waals surface area contributed by atoms with E-state index in [1.807, 2.05) is 43.3 Å². The van der Waals surface area contributed by atoms with Crippen molar-refractivity contribution in [3.05, 3.63) is 87.3 Å². The van der Waals surface area contributed by atoms with Crippen molar-refractivity contribution >= 4 is 0 Å². The van der Waals surface area contributed by atoms with Crippen molar-refractivity contribution in [2.75, 3.05) is 6.54 Å². The van der Waals surface area contributed by atoms with E-state index in [1.54, 1.807) is 0 Å². The van der Waals surface area contributed by atoms with E-state index in [4.69, 9.17) is 4.98 Å². The molecular formula is C24H27N3O. The van der Waals surface area contributed by atoms with Crippen LogP contribution in [0.5, 0.6) is 0 Å². The van der Waals surface area contributed by atoms with E-state index in [-0.39, 0.29) is 5.56 Å². The summed E-state index contributed by atoms with van der Waals surface area (Å²) in [5, 5.41) is 0. The highest BCUT2D eigenvalue weighted by Crippen LogP contribution is 2.22. The highest BCUT2D eigenvalue weighted by molar-refractivity contribution is 5.56. The molecule has 0 unspecified atom stereocenters. The molecule has 2 aromatic carbocycles. The van der Waals surface area contributed by atoms with Crippen molar-refractivity contribution in [3.63, 3.8) is 0 Å². The van der Waals surface area contributed by atoms with Crippen molar-refractivity contribution in [1.82, 2.24) is 14.9 Å². The van der Waals surface area contributed by atoms with Gasteiger partial charge in [0.1, 0.15) is 5.82 Å². The summed E-state index contributed by atoms with van der Waals surface area (Å²) >= 11 is 0. The second kappa shape index (κ2) is 8.11. The van der Waals surface area contributed by atoms with Gasteiger partial charge in [-0.25, -0.2) is 4.98 Å². The van der Waals surface area contributed by atoms with Crippen LogP contribution in [0.25, 0.3) is 11.4 Å². The molecule has 0 spiro atoms. The number of nitrogens with one attached hydrogen (secondary N) is 1. The number of aryl methyl sites for hydroxylation is 1. The van der Waals surface area contributed by atoms with E-state index in [1.165, 1.54) is 18.4 Å². The van der Waals surface area contributed by atoms with Crippen LogP contribution < -0.4 is 5.56 Å². The number of rotatable bonds is 5. The van der Waals surface area contributed by atoms with Gasteiger partial charge in [-0.15, -0.1) is 0 Å². The minimum absolute atomic E-state index is 0.0510. The predicted molar refractivity (Wildman–Crippen MR) is 113 cm³/mol. The Morgan fingerprint density at radius 2 is 1.89 bits per heavy atom. The first-order chi connectivity index (χ1) is 13.6. The summed E-state index contributed by atoms with van der Waals surface area (Å²) in [5.74, 6) is 0.649. The Bertz CT molecular complexity index is 1010. The molecule has 1 atom stereocenters. The van der Waals surface area contributed by atoms with Gasteiger partial charge in [0.05, 0.1) is 0 Å². The lowest BCUT2D eigenvalue weighted by atomic mass is 10.0. The second-order valence-electron chi connectivity index (χ2n) is 7.80. The lowest BCUT2D eigenvalue weighted by molar-refractivity contribution is 0.260. The van der Waals surface area contributed by atoms with Crippen LogP contribution in [0.2, 0.25) is 0 Å². The zero-order valence-electron chi connectivity index (χ0n) is 16.6. The molecule has 0 amide bonds. The van der Waals surface area contributed by atoms with Crippen LogP contribution in [0, 0.1) is 6.92 Å². The van der Waals surface area contributed by atoms with Crippen molar-refractivity contribution in [3.8, 4) is 11.4 Å². The molecule has 1 aliphatic heterocycles. The van der Waals surface area contributed by atoms with E-state index in [9.17, 15) is 4.79 Å². The average Bonchev–Trinajstić information content (AvgIpc) is 3.10. The molecule has 4 nitrogen and oxygen atoms in total. The third kappa shape index (κ3) is 4.07. The quantitative estimate of drug-likeness (QED) is 0.725. The maximum Gasteiger partial charge on any atom is 0.254 e. The highest BCUT2D eigenvalue weighted by Gasteiger charge is 2.20. The SMILES string of the molecule is Cc1nc(-c2cccc(CN3CCC[C@@H]3C)c2)[nH]c(=O)c1Cc1ccccc1. The summed E-state index contributed by atoms with van der Waals surface area (Å²) in [7, 11) is 0. The van der Waals surface area contributed by atoms with Crippen molar-refractivity contribution in [2.45, 2.75) is 45.7 Å². The number of nitrogens with zero attached hydrogens (tertiary/aromatic N) is 2. The maximum atomic E-state index is 12.7. The van der Waals surface area contributed by atoms with Crippen molar-refractivity contribution in [1.29, 1.82) is 0 Å². The third-order valence-electron chi connectivity index (χ3n) is 5.72. The number of aromatic amines is 1. The molecule has 1 fully saturated rings. The van der Waals surface area contributed by atoms with Crippen LogP contribution in [0.1, 0.15) is 42.1 Å². The Kier molecular flexibility index (Phi) is 5.40. The van der Waals surface area contributed by atoms with Crippen LogP contribution >= 0.6 is 0 Å². The molecule has 1 saturated heterocycles. The first-order valence-electron chi connectivity index (χ1n) is 10.1. The Hall–Kier alpha value is -2.72. The molecule has 0 radical (unpaired) electrons. The lowest BCUT2D eigenvalue weighted by Gasteiger charge is -2.21. The van der Waals surface area contributed by atoms with E-state index in [0.717, 1.165) is 35.5 Å². The Labute approximate surface area is 166 Å². The van der Waals surface area contributed by atoms with Gasteiger partial charge >= 0.3 is 0 Å². The molecule has 0 bridgehead atoms. The van der Waals surface area contributed by atoms with Crippen molar-refractivity contribution in [2.24, 2.45) is 0 Å². The fourth-order valence-electron chi connectivity index (χ4n) is 4.03. The number of aromatic nitrogens is 2. The largest absolute Gasteiger partial charge is 0.306 e. The molecule has 4 heteroatoms. The normalized spacial score (nSPS) is 17.1. The average molecular weight is 374 g/mol. The highest BCUT2D eigenvalue weighted by atomic mass is 16.1. The van der Waals surface area contributed by atoms with Gasteiger partial charge in [-0.1, -0.05) is 48.5 Å². The fraction of sp³-hybridized carbons (Fsp3) is 0.333. The van der Waals surface area contributed by atoms with E-state index >= 15 is 0 Å². The molecule has 2 heterocycles. The summed E-state index contributed by atoms with van der Waals surface area (Å²) < 4.78 is 0. The number of hydrogen-bond donors (Lipinski definition) is 1. The van der Waals surface area contributed by atoms with Crippen LogP contribution in [0.3, 0.4) is 0 Å². The predicted octanol–water partition coefficient (Wildman–Crippen LogP) is 4.32. The fourth-order valence-corrected chi connectivity index (χ4v) is 4.03. The van der Waals surface area contributed by atoms with Gasteiger partial charge in [0, 0.05) is 35.8 Å². The van der Waals surface area contributed by atoms with Gasteiger partial charge in [-0.3, -0.25) is 9.69 Å². The molecule has 1 aliphatic rings. The number of likely N-dealkylation sites (tertiary alicyclic amines) is 1. The van der Waals surface area contributed by atoms with E-state index < -0.39 is 0 Å². The molecule has 0 saturated carbocycles. The molecule has 144 valence electrons. The molecule has 28 heavy (non-hydrogen) atoms. The van der Waals surface area contributed by atoms with Crippen LogP contribution in [0.15, 0.2) is 59.4 Å². The number of H-pyrrole nitrogens is 1. The zero-order valence-corrected chi connectivity index (χ0v) is 16.6. The van der Waals surface area contributed by atoms with Crippen LogP contribution in [-0.2, 0) is 13.0 Å². The maximum absolute atomic E-state index is 12.7. The first-order valence-corrected chi connectivity index (χ1v) is 10.1. The van der Waals surface area contributed by atoms with Gasteiger partial charge in [-0.05, 0) is 50.4 Å². The minimum atomic E-state index is -0.0510. The Balaban J connectivity index is 1.59. The van der Waals surface area contributed by atoms with Gasteiger partial charge < -0.3 is 4.98 Å². The van der Waals surface area contributed by atoms with Gasteiger partial charge in [0.2, 0.25) is 0 Å². The zero-order chi connectivity index (χ0) is 19.5. The van der Waals surface area contributed by atoms with Crippen molar-refractivity contribution < 1.29 is 0 Å². The summed E-state index contributed by atoms with van der Waals surface area (Å²) in [6, 6.07) is 19.1. The molecule has 3 aromatic rings. The van der Waals surface area contributed by atoms with Gasteiger partial charge in [0.15, 0.2) is 0 Å². The minimum Gasteiger partial charge on any atom is -0.306 e. The van der Waals surface area contributed by atoms with Gasteiger partial charge in [-0.2, -0.15) is 0 Å². The van der Waals surface area contributed by atoms with Crippen LogP contribution in [0.4, 0.5) is 0 Å². The summed E-state index contributed by atoms with van der Waals surface area (Å²) in [5.41, 5.74) is 4.83.